The van der Waals surface area contributed by atoms with E-state index in [1.165, 1.54) is 11.9 Å². The van der Waals surface area contributed by atoms with Crippen LogP contribution < -0.4 is 9.84 Å². The van der Waals surface area contributed by atoms with E-state index in [0.717, 1.165) is 16.8 Å². The number of benzene rings is 1. The minimum absolute atomic E-state index is 0.236. The first-order valence-corrected chi connectivity index (χ1v) is 6.28. The van der Waals surface area contributed by atoms with Crippen molar-refractivity contribution in [2.75, 3.05) is 4.41 Å². The Morgan fingerprint density at radius 2 is 2.22 bits per heavy atom. The van der Waals surface area contributed by atoms with Gasteiger partial charge in [-0.3, -0.25) is 10.1 Å². The fraction of sp³-hybridized carbons (Fsp3) is 0.0833. The summed E-state index contributed by atoms with van der Waals surface area (Å²) in [7, 11) is 1.87. The molecule has 92 valence electrons. The predicted molar refractivity (Wildman–Crippen MR) is 72.7 cm³/mol. The Labute approximate surface area is 109 Å². The molecule has 0 radical (unpaired) electrons. The second-order valence-electron chi connectivity index (χ2n) is 3.94. The molecule has 0 spiro atoms. The fourth-order valence-corrected chi connectivity index (χ4v) is 2.42. The highest BCUT2D eigenvalue weighted by Gasteiger charge is 2.14. The molecule has 0 unspecified atom stereocenters. The lowest BCUT2D eigenvalue weighted by Crippen LogP contribution is -2.22. The normalized spacial score (nSPS) is 13.9. The molecule has 2 N–H and O–H groups in total. The van der Waals surface area contributed by atoms with Gasteiger partial charge < -0.3 is 5.11 Å². The standard InChI is InChI=1S/C12H12N4OS/c1-15-8-10(7-14-15)9-2-3-11(12(17)6-9)16-13-4-5-18-16/h2-8,13,17H,1H3. The lowest BCUT2D eigenvalue weighted by molar-refractivity contribution is 0.476. The molecular formula is C12H12N4OS. The van der Waals surface area contributed by atoms with E-state index < -0.39 is 0 Å². The van der Waals surface area contributed by atoms with Crippen LogP contribution in [0.5, 0.6) is 5.75 Å². The fourth-order valence-electron chi connectivity index (χ4n) is 1.79. The van der Waals surface area contributed by atoms with Crippen LogP contribution >= 0.6 is 11.9 Å². The van der Waals surface area contributed by atoms with Crippen LogP contribution in [0.25, 0.3) is 11.1 Å². The van der Waals surface area contributed by atoms with Crippen LogP contribution in [0.4, 0.5) is 5.69 Å². The van der Waals surface area contributed by atoms with Gasteiger partial charge in [-0.1, -0.05) is 6.07 Å². The second kappa shape index (κ2) is 4.30. The zero-order valence-corrected chi connectivity index (χ0v) is 10.6. The molecule has 1 aliphatic heterocycles. The molecule has 5 nitrogen and oxygen atoms in total. The smallest absolute Gasteiger partial charge is 0.142 e. The van der Waals surface area contributed by atoms with Gasteiger partial charge in [-0.2, -0.15) is 5.10 Å². The number of hydrogen-bond donors (Lipinski definition) is 2. The molecular weight excluding hydrogens is 248 g/mol. The highest BCUT2D eigenvalue weighted by atomic mass is 32.2. The van der Waals surface area contributed by atoms with E-state index in [4.69, 9.17) is 0 Å². The zero-order valence-electron chi connectivity index (χ0n) is 9.74. The number of anilines is 1. The van der Waals surface area contributed by atoms with Crippen molar-refractivity contribution in [3.63, 3.8) is 0 Å². The summed E-state index contributed by atoms with van der Waals surface area (Å²) in [6, 6.07) is 5.59. The van der Waals surface area contributed by atoms with Gasteiger partial charge in [-0.05, 0) is 17.7 Å². The molecule has 2 heterocycles. The van der Waals surface area contributed by atoms with Crippen LogP contribution in [0.15, 0.2) is 42.2 Å². The maximum absolute atomic E-state index is 10.1. The first kappa shape index (κ1) is 11.0. The quantitative estimate of drug-likeness (QED) is 0.811. The van der Waals surface area contributed by atoms with Crippen molar-refractivity contribution in [2.24, 2.45) is 7.05 Å². The van der Waals surface area contributed by atoms with Gasteiger partial charge in [0, 0.05) is 42.4 Å². The van der Waals surface area contributed by atoms with Crippen LogP contribution in [0.1, 0.15) is 0 Å². The third kappa shape index (κ3) is 1.91. The Kier molecular flexibility index (Phi) is 2.64. The number of aromatic nitrogens is 2. The average Bonchev–Trinajstić information content (AvgIpc) is 2.99. The first-order valence-electron chi connectivity index (χ1n) is 5.44. The van der Waals surface area contributed by atoms with E-state index in [9.17, 15) is 5.11 Å². The van der Waals surface area contributed by atoms with Crippen molar-refractivity contribution in [2.45, 2.75) is 0 Å². The van der Waals surface area contributed by atoms with Crippen molar-refractivity contribution >= 4 is 17.6 Å². The van der Waals surface area contributed by atoms with E-state index in [1.807, 2.05) is 37.0 Å². The third-order valence-electron chi connectivity index (χ3n) is 2.66. The predicted octanol–water partition coefficient (Wildman–Crippen LogP) is 2.24. The molecule has 6 heteroatoms. The van der Waals surface area contributed by atoms with Gasteiger partial charge in [0.15, 0.2) is 0 Å². The Morgan fingerprint density at radius 3 is 2.83 bits per heavy atom. The average molecular weight is 260 g/mol. The van der Waals surface area contributed by atoms with Gasteiger partial charge in [0.05, 0.1) is 6.20 Å². The SMILES string of the molecule is Cn1cc(-c2ccc(N3NC=CS3)c(O)c2)cn1. The van der Waals surface area contributed by atoms with Crippen LogP contribution in [-0.2, 0) is 7.05 Å². The summed E-state index contributed by atoms with van der Waals surface area (Å²) in [5, 5.41) is 16.1. The molecule has 0 bridgehead atoms. The Bertz CT molecular complexity index is 600. The number of hydrogen-bond acceptors (Lipinski definition) is 5. The van der Waals surface area contributed by atoms with Crippen LogP contribution in [0, 0.1) is 0 Å². The molecule has 0 atom stereocenters. The minimum atomic E-state index is 0.236. The van der Waals surface area contributed by atoms with Crippen molar-refractivity contribution in [1.29, 1.82) is 0 Å². The number of hydrazine groups is 1. The summed E-state index contributed by atoms with van der Waals surface area (Å²) in [5.74, 6) is 0.236. The Hall–Kier alpha value is -2.08. The molecule has 0 amide bonds. The molecule has 0 aliphatic carbocycles. The maximum atomic E-state index is 10.1. The summed E-state index contributed by atoms with van der Waals surface area (Å²) < 4.78 is 3.53. The van der Waals surface area contributed by atoms with Gasteiger partial charge >= 0.3 is 0 Å². The van der Waals surface area contributed by atoms with E-state index >= 15 is 0 Å². The Morgan fingerprint density at radius 1 is 1.33 bits per heavy atom. The summed E-state index contributed by atoms with van der Waals surface area (Å²) in [6.07, 6.45) is 5.51. The van der Waals surface area contributed by atoms with Crippen molar-refractivity contribution in [3.8, 4) is 16.9 Å². The number of aryl methyl sites for hydroxylation is 1. The summed E-state index contributed by atoms with van der Waals surface area (Å²) in [4.78, 5) is 0. The molecule has 0 saturated heterocycles. The van der Waals surface area contributed by atoms with Gasteiger partial charge in [-0.15, -0.1) is 0 Å². The first-order chi connectivity index (χ1) is 8.74. The maximum Gasteiger partial charge on any atom is 0.142 e. The van der Waals surface area contributed by atoms with Crippen LogP contribution in [0.2, 0.25) is 0 Å². The topological polar surface area (TPSA) is 53.3 Å². The molecule has 18 heavy (non-hydrogen) atoms. The molecule has 3 rings (SSSR count). The van der Waals surface area contributed by atoms with Gasteiger partial charge in [0.25, 0.3) is 0 Å². The number of nitrogens with one attached hydrogen (secondary N) is 1. The molecule has 0 fully saturated rings. The van der Waals surface area contributed by atoms with Gasteiger partial charge in [0.1, 0.15) is 11.4 Å². The van der Waals surface area contributed by atoms with Gasteiger partial charge in [-0.25, -0.2) is 4.41 Å². The largest absolute Gasteiger partial charge is 0.506 e. The highest BCUT2D eigenvalue weighted by molar-refractivity contribution is 8.03. The molecule has 1 aliphatic rings. The van der Waals surface area contributed by atoms with Gasteiger partial charge in [0.2, 0.25) is 0 Å². The summed E-state index contributed by atoms with van der Waals surface area (Å²) >= 11 is 1.48. The lowest BCUT2D eigenvalue weighted by atomic mass is 10.1. The summed E-state index contributed by atoms with van der Waals surface area (Å²) in [5.41, 5.74) is 5.68. The third-order valence-corrected chi connectivity index (χ3v) is 3.43. The number of aromatic hydroxyl groups is 1. The molecule has 0 saturated carbocycles. The Balaban J connectivity index is 1.93. The van der Waals surface area contributed by atoms with E-state index in [-0.39, 0.29) is 5.75 Å². The second-order valence-corrected chi connectivity index (χ2v) is 4.79. The summed E-state index contributed by atoms with van der Waals surface area (Å²) in [6.45, 7) is 0. The minimum Gasteiger partial charge on any atom is -0.506 e. The zero-order chi connectivity index (χ0) is 12.5. The molecule has 2 aromatic rings. The van der Waals surface area contributed by atoms with E-state index in [0.29, 0.717) is 0 Å². The van der Waals surface area contributed by atoms with Crippen molar-refractivity contribution in [1.82, 2.24) is 15.2 Å². The molecule has 1 aromatic heterocycles. The van der Waals surface area contributed by atoms with E-state index in [2.05, 4.69) is 10.5 Å². The van der Waals surface area contributed by atoms with Crippen molar-refractivity contribution < 1.29 is 5.11 Å². The number of nitrogens with zero attached hydrogens (tertiary/aromatic N) is 3. The number of phenolic OH excluding ortho intramolecular Hbond substituents is 1. The highest BCUT2D eigenvalue weighted by Crippen LogP contribution is 2.35. The number of rotatable bonds is 2. The van der Waals surface area contributed by atoms with Crippen LogP contribution in [-0.4, -0.2) is 14.9 Å². The lowest BCUT2D eigenvalue weighted by Gasteiger charge is -2.18. The van der Waals surface area contributed by atoms with Crippen LogP contribution in [0.3, 0.4) is 0 Å². The monoisotopic (exact) mass is 260 g/mol. The molecule has 1 aromatic carbocycles. The number of phenols is 1. The van der Waals surface area contributed by atoms with E-state index in [1.54, 1.807) is 21.4 Å². The van der Waals surface area contributed by atoms with Crippen molar-refractivity contribution in [3.05, 3.63) is 42.2 Å².